The van der Waals surface area contributed by atoms with E-state index >= 15 is 0 Å². The zero-order chi connectivity index (χ0) is 12.5. The second-order valence-corrected chi connectivity index (χ2v) is 4.15. The molecular formula is C14H23NO2. The number of methoxy groups -OCH3 is 1. The molecule has 1 unspecified atom stereocenters. The Bertz CT molecular complexity index is 315. The highest BCUT2D eigenvalue weighted by atomic mass is 16.5. The minimum Gasteiger partial charge on any atom is -0.396 e. The number of nitrogens with one attached hydrogen (secondary N) is 1. The SMILES string of the molecule is CCCNC(CCO)c1ccccc1COC. The third kappa shape index (κ3) is 4.46. The minimum atomic E-state index is 0.197. The second-order valence-electron chi connectivity index (χ2n) is 4.15. The van der Waals surface area contributed by atoms with Crippen LogP contribution in [0.25, 0.3) is 0 Å². The summed E-state index contributed by atoms with van der Waals surface area (Å²) in [5.74, 6) is 0. The van der Waals surface area contributed by atoms with Gasteiger partial charge >= 0.3 is 0 Å². The molecule has 1 atom stereocenters. The fraction of sp³-hybridized carbons (Fsp3) is 0.571. The molecule has 1 aromatic carbocycles. The van der Waals surface area contributed by atoms with Crippen molar-refractivity contribution in [1.82, 2.24) is 5.32 Å². The van der Waals surface area contributed by atoms with Gasteiger partial charge in [0.25, 0.3) is 0 Å². The summed E-state index contributed by atoms with van der Waals surface area (Å²) in [6, 6.07) is 8.46. The molecule has 0 bridgehead atoms. The van der Waals surface area contributed by atoms with Gasteiger partial charge in [-0.25, -0.2) is 0 Å². The van der Waals surface area contributed by atoms with Crippen LogP contribution in [0.2, 0.25) is 0 Å². The summed E-state index contributed by atoms with van der Waals surface area (Å²) in [6.07, 6.45) is 1.83. The number of aliphatic hydroxyl groups is 1. The van der Waals surface area contributed by atoms with Gasteiger partial charge < -0.3 is 15.2 Å². The van der Waals surface area contributed by atoms with E-state index in [4.69, 9.17) is 9.84 Å². The molecule has 0 aliphatic heterocycles. The van der Waals surface area contributed by atoms with Gasteiger partial charge in [-0.1, -0.05) is 31.2 Å². The Morgan fingerprint density at radius 2 is 2.12 bits per heavy atom. The maximum atomic E-state index is 9.15. The highest BCUT2D eigenvalue weighted by molar-refractivity contribution is 5.29. The van der Waals surface area contributed by atoms with Gasteiger partial charge in [0.2, 0.25) is 0 Å². The van der Waals surface area contributed by atoms with E-state index in [9.17, 15) is 0 Å². The fourth-order valence-corrected chi connectivity index (χ4v) is 1.98. The normalized spacial score (nSPS) is 12.6. The molecule has 0 saturated heterocycles. The number of hydrogen-bond acceptors (Lipinski definition) is 3. The van der Waals surface area contributed by atoms with Gasteiger partial charge in [-0.3, -0.25) is 0 Å². The van der Waals surface area contributed by atoms with Crippen LogP contribution in [0.3, 0.4) is 0 Å². The van der Waals surface area contributed by atoms with Crippen LogP contribution < -0.4 is 5.32 Å². The van der Waals surface area contributed by atoms with Gasteiger partial charge in [0.1, 0.15) is 0 Å². The average Bonchev–Trinajstić information content (AvgIpc) is 2.36. The van der Waals surface area contributed by atoms with Gasteiger partial charge in [0.05, 0.1) is 6.61 Å². The maximum absolute atomic E-state index is 9.15. The minimum absolute atomic E-state index is 0.197. The molecule has 1 aromatic rings. The number of hydrogen-bond donors (Lipinski definition) is 2. The molecule has 17 heavy (non-hydrogen) atoms. The molecule has 2 N–H and O–H groups in total. The van der Waals surface area contributed by atoms with Crippen LogP contribution in [0.1, 0.15) is 36.9 Å². The highest BCUT2D eigenvalue weighted by Crippen LogP contribution is 2.21. The third-order valence-electron chi connectivity index (χ3n) is 2.79. The van der Waals surface area contributed by atoms with Crippen molar-refractivity contribution in [3.8, 4) is 0 Å². The molecule has 1 rings (SSSR count). The van der Waals surface area contributed by atoms with Crippen molar-refractivity contribution < 1.29 is 9.84 Å². The lowest BCUT2D eigenvalue weighted by atomic mass is 9.98. The second kappa shape index (κ2) is 8.23. The Morgan fingerprint density at radius 1 is 1.35 bits per heavy atom. The van der Waals surface area contributed by atoms with Crippen molar-refractivity contribution in [3.63, 3.8) is 0 Å². The number of benzene rings is 1. The fourth-order valence-electron chi connectivity index (χ4n) is 1.98. The Labute approximate surface area is 104 Å². The zero-order valence-corrected chi connectivity index (χ0v) is 10.8. The largest absolute Gasteiger partial charge is 0.396 e. The molecular weight excluding hydrogens is 214 g/mol. The molecule has 0 aliphatic rings. The lowest BCUT2D eigenvalue weighted by molar-refractivity contribution is 0.183. The zero-order valence-electron chi connectivity index (χ0n) is 10.8. The molecule has 0 aromatic heterocycles. The van der Waals surface area contributed by atoms with Crippen LogP contribution in [-0.4, -0.2) is 25.4 Å². The number of aliphatic hydroxyl groups excluding tert-OH is 1. The van der Waals surface area contributed by atoms with E-state index in [1.807, 2.05) is 12.1 Å². The Morgan fingerprint density at radius 3 is 2.76 bits per heavy atom. The van der Waals surface area contributed by atoms with Crippen molar-refractivity contribution in [1.29, 1.82) is 0 Å². The summed E-state index contributed by atoms with van der Waals surface area (Å²) in [5.41, 5.74) is 2.42. The van der Waals surface area contributed by atoms with Gasteiger partial charge in [-0.15, -0.1) is 0 Å². The summed E-state index contributed by atoms with van der Waals surface area (Å²) in [6.45, 7) is 3.92. The Hall–Kier alpha value is -0.900. The smallest absolute Gasteiger partial charge is 0.0716 e. The number of rotatable bonds is 8. The first-order chi connectivity index (χ1) is 8.33. The quantitative estimate of drug-likeness (QED) is 0.728. The van der Waals surface area contributed by atoms with Gasteiger partial charge in [0, 0.05) is 19.8 Å². The molecule has 0 saturated carbocycles. The molecule has 0 radical (unpaired) electrons. The monoisotopic (exact) mass is 237 g/mol. The van der Waals surface area contributed by atoms with Crippen LogP contribution in [-0.2, 0) is 11.3 Å². The standard InChI is InChI=1S/C14H23NO2/c1-3-9-15-14(8-10-16)13-7-5-4-6-12(13)11-17-2/h4-7,14-16H,3,8-11H2,1-2H3. The first-order valence-corrected chi connectivity index (χ1v) is 6.24. The summed E-state index contributed by atoms with van der Waals surface area (Å²) in [7, 11) is 1.71. The predicted octanol–water partition coefficient (Wildman–Crippen LogP) is 2.26. The summed E-state index contributed by atoms with van der Waals surface area (Å²) in [5, 5.41) is 12.6. The van der Waals surface area contributed by atoms with Crippen LogP contribution in [0, 0.1) is 0 Å². The number of ether oxygens (including phenoxy) is 1. The third-order valence-corrected chi connectivity index (χ3v) is 2.79. The molecule has 0 fully saturated rings. The van der Waals surface area contributed by atoms with Crippen molar-refractivity contribution in [2.75, 3.05) is 20.3 Å². The lowest BCUT2D eigenvalue weighted by Gasteiger charge is -2.21. The van der Waals surface area contributed by atoms with Crippen LogP contribution in [0.15, 0.2) is 24.3 Å². The summed E-state index contributed by atoms with van der Waals surface area (Å²) < 4.78 is 5.21. The first kappa shape index (κ1) is 14.2. The highest BCUT2D eigenvalue weighted by Gasteiger charge is 2.13. The van der Waals surface area contributed by atoms with Crippen LogP contribution in [0.4, 0.5) is 0 Å². The summed E-state index contributed by atoms with van der Waals surface area (Å²) >= 11 is 0. The predicted molar refractivity (Wildman–Crippen MR) is 69.9 cm³/mol. The molecule has 0 aliphatic carbocycles. The van der Waals surface area contributed by atoms with E-state index in [1.54, 1.807) is 7.11 Å². The molecule has 0 heterocycles. The molecule has 0 spiro atoms. The molecule has 3 heteroatoms. The summed E-state index contributed by atoms with van der Waals surface area (Å²) in [4.78, 5) is 0. The van der Waals surface area contributed by atoms with Gasteiger partial charge in [0.15, 0.2) is 0 Å². The maximum Gasteiger partial charge on any atom is 0.0716 e. The average molecular weight is 237 g/mol. The van der Waals surface area contributed by atoms with E-state index in [0.29, 0.717) is 6.61 Å². The van der Waals surface area contributed by atoms with E-state index in [0.717, 1.165) is 19.4 Å². The van der Waals surface area contributed by atoms with E-state index in [2.05, 4.69) is 24.4 Å². The first-order valence-electron chi connectivity index (χ1n) is 6.24. The van der Waals surface area contributed by atoms with E-state index in [1.165, 1.54) is 11.1 Å². The van der Waals surface area contributed by atoms with Gasteiger partial charge in [-0.2, -0.15) is 0 Å². The van der Waals surface area contributed by atoms with Gasteiger partial charge in [-0.05, 0) is 30.5 Å². The van der Waals surface area contributed by atoms with Crippen molar-refractivity contribution in [3.05, 3.63) is 35.4 Å². The lowest BCUT2D eigenvalue weighted by Crippen LogP contribution is -2.24. The van der Waals surface area contributed by atoms with Crippen molar-refractivity contribution in [2.24, 2.45) is 0 Å². The van der Waals surface area contributed by atoms with E-state index < -0.39 is 0 Å². The molecule has 0 amide bonds. The Kier molecular flexibility index (Phi) is 6.86. The van der Waals surface area contributed by atoms with Crippen LogP contribution >= 0.6 is 0 Å². The molecule has 96 valence electrons. The van der Waals surface area contributed by atoms with E-state index in [-0.39, 0.29) is 12.6 Å². The van der Waals surface area contributed by atoms with Crippen molar-refractivity contribution >= 4 is 0 Å². The Balaban J connectivity index is 2.83. The topological polar surface area (TPSA) is 41.5 Å². The van der Waals surface area contributed by atoms with Crippen LogP contribution in [0.5, 0.6) is 0 Å². The molecule has 3 nitrogen and oxygen atoms in total. The van der Waals surface area contributed by atoms with Crippen molar-refractivity contribution in [2.45, 2.75) is 32.4 Å².